The number of hydrogen-bond acceptors (Lipinski definition) is 2. The Kier molecular flexibility index (Phi) is 2.94. The van der Waals surface area contributed by atoms with Gasteiger partial charge in [0.25, 0.3) is 0 Å². The fraction of sp³-hybridized carbons (Fsp3) is 0.250. The van der Waals surface area contributed by atoms with E-state index in [0.29, 0.717) is 10.5 Å². The summed E-state index contributed by atoms with van der Waals surface area (Å²) < 4.78 is 4.56. The van der Waals surface area contributed by atoms with Crippen LogP contribution >= 0.6 is 0 Å². The molecule has 0 rings (SSSR count). The molecular weight excluding hydrogens is 124 g/mol. The van der Waals surface area contributed by atoms with Gasteiger partial charge in [-0.15, -0.1) is 0 Å². The van der Waals surface area contributed by atoms with E-state index in [4.69, 9.17) is 5.11 Å². The highest BCUT2D eigenvalue weighted by atomic mass is 28.2. The fourth-order valence-corrected chi connectivity index (χ4v) is 0.581. The van der Waals surface area contributed by atoms with Crippen LogP contribution in [-0.2, 0) is 9.22 Å². The topological polar surface area (TPSA) is 46.5 Å². The lowest BCUT2D eigenvalue weighted by molar-refractivity contribution is -0.132. The molecule has 1 N–H and O–H groups in total. The van der Waals surface area contributed by atoms with E-state index < -0.39 is 5.97 Å². The minimum Gasteiger partial charge on any atom is -0.558 e. The van der Waals surface area contributed by atoms with E-state index in [-0.39, 0.29) is 5.57 Å². The third-order valence-corrected chi connectivity index (χ3v) is 0.868. The Balaban J connectivity index is 3.80. The van der Waals surface area contributed by atoms with Crippen molar-refractivity contribution in [3.63, 3.8) is 0 Å². The molecule has 0 fully saturated rings. The average Bonchev–Trinajstić information content (AvgIpc) is 1.67. The SMILES string of the molecule is C/C(=C\O[SiH3])C(=O)O. The maximum atomic E-state index is 9.96. The van der Waals surface area contributed by atoms with Crippen LogP contribution in [0.3, 0.4) is 0 Å². The largest absolute Gasteiger partial charge is 0.558 e. The van der Waals surface area contributed by atoms with Gasteiger partial charge < -0.3 is 9.53 Å². The second-order valence-electron chi connectivity index (χ2n) is 1.34. The zero-order valence-corrected chi connectivity index (χ0v) is 6.84. The first kappa shape index (κ1) is 7.23. The second-order valence-corrected chi connectivity index (χ2v) is 1.81. The number of carbonyl (C=O) groups is 1. The van der Waals surface area contributed by atoms with Gasteiger partial charge in [-0.1, -0.05) is 0 Å². The zero-order valence-electron chi connectivity index (χ0n) is 4.84. The molecule has 0 aromatic heterocycles. The summed E-state index contributed by atoms with van der Waals surface area (Å²) in [5, 5.41) is 8.18. The molecule has 0 spiro atoms. The summed E-state index contributed by atoms with van der Waals surface area (Å²) in [6.45, 7) is 1.49. The molecule has 4 heteroatoms. The Hall–Kier alpha value is -0.773. The van der Waals surface area contributed by atoms with Crippen molar-refractivity contribution < 1.29 is 14.3 Å². The third-order valence-electron chi connectivity index (χ3n) is 0.632. The first-order valence-corrected chi connectivity index (χ1v) is 2.93. The van der Waals surface area contributed by atoms with E-state index in [1.165, 1.54) is 13.2 Å². The second kappa shape index (κ2) is 3.26. The van der Waals surface area contributed by atoms with Crippen molar-refractivity contribution in [1.82, 2.24) is 0 Å². The normalized spacial score (nSPS) is 11.4. The van der Waals surface area contributed by atoms with Crippen molar-refractivity contribution in [3.05, 3.63) is 11.8 Å². The quantitative estimate of drug-likeness (QED) is 0.306. The maximum absolute atomic E-state index is 9.96. The van der Waals surface area contributed by atoms with E-state index in [1.54, 1.807) is 0 Å². The Morgan fingerprint density at radius 3 is 2.50 bits per heavy atom. The molecule has 0 atom stereocenters. The summed E-state index contributed by atoms with van der Waals surface area (Å²) in [6, 6.07) is 0. The summed E-state index contributed by atoms with van der Waals surface area (Å²) in [5.41, 5.74) is 0.236. The van der Waals surface area contributed by atoms with Crippen LogP contribution in [-0.4, -0.2) is 21.6 Å². The molecule has 8 heavy (non-hydrogen) atoms. The molecule has 3 nitrogen and oxygen atoms in total. The van der Waals surface area contributed by atoms with Gasteiger partial charge in [0.1, 0.15) is 0 Å². The molecule has 0 saturated carbocycles. The van der Waals surface area contributed by atoms with Crippen molar-refractivity contribution in [2.75, 3.05) is 0 Å². The highest BCUT2D eigenvalue weighted by molar-refractivity contribution is 5.99. The van der Waals surface area contributed by atoms with Gasteiger partial charge in [0.2, 0.25) is 10.5 Å². The van der Waals surface area contributed by atoms with E-state index in [9.17, 15) is 4.79 Å². The van der Waals surface area contributed by atoms with Crippen molar-refractivity contribution in [2.45, 2.75) is 6.92 Å². The first-order valence-electron chi connectivity index (χ1n) is 2.11. The number of carboxylic acid groups (broad SMARTS) is 1. The number of hydrogen-bond donors (Lipinski definition) is 1. The number of rotatable bonds is 2. The van der Waals surface area contributed by atoms with Crippen LogP contribution in [0.15, 0.2) is 11.8 Å². The van der Waals surface area contributed by atoms with Gasteiger partial charge in [0.05, 0.1) is 11.8 Å². The monoisotopic (exact) mass is 132 g/mol. The molecule has 0 aromatic rings. The summed E-state index contributed by atoms with van der Waals surface area (Å²) in [6.07, 6.45) is 1.24. The molecule has 0 aromatic carbocycles. The van der Waals surface area contributed by atoms with E-state index in [1.807, 2.05) is 0 Å². The Morgan fingerprint density at radius 1 is 1.88 bits per heavy atom. The average molecular weight is 132 g/mol. The van der Waals surface area contributed by atoms with Gasteiger partial charge in [0, 0.05) is 0 Å². The van der Waals surface area contributed by atoms with Crippen LogP contribution in [0, 0.1) is 0 Å². The fourth-order valence-electron chi connectivity index (χ4n) is 0.227. The van der Waals surface area contributed by atoms with Gasteiger partial charge in [-0.05, 0) is 6.92 Å². The van der Waals surface area contributed by atoms with Crippen LogP contribution in [0.5, 0.6) is 0 Å². The van der Waals surface area contributed by atoms with Gasteiger partial charge in [-0.25, -0.2) is 4.79 Å². The molecule has 46 valence electrons. The van der Waals surface area contributed by atoms with Gasteiger partial charge in [-0.2, -0.15) is 0 Å². The van der Waals surface area contributed by atoms with Crippen LogP contribution in [0.1, 0.15) is 6.92 Å². The lowest BCUT2D eigenvalue weighted by atomic mass is 10.4. The van der Waals surface area contributed by atoms with Crippen LogP contribution in [0.25, 0.3) is 0 Å². The maximum Gasteiger partial charge on any atom is 0.334 e. The molecule has 0 amide bonds. The Bertz CT molecular complexity index is 118. The van der Waals surface area contributed by atoms with E-state index in [0.717, 1.165) is 0 Å². The summed E-state index contributed by atoms with van der Waals surface area (Å²) in [4.78, 5) is 9.96. The van der Waals surface area contributed by atoms with Crippen molar-refractivity contribution in [3.8, 4) is 0 Å². The molecule has 0 radical (unpaired) electrons. The highest BCUT2D eigenvalue weighted by Gasteiger charge is 1.96. The Morgan fingerprint density at radius 2 is 2.38 bits per heavy atom. The molecule has 0 heterocycles. The standard InChI is InChI=1S/C4H8O3Si/c1-3(2-7-8)4(5)6/h2H,1,8H3,(H,5,6)/b3-2+. The number of carboxylic acids is 1. The molecule has 0 aliphatic rings. The smallest absolute Gasteiger partial charge is 0.334 e. The number of aliphatic carboxylic acids is 1. The van der Waals surface area contributed by atoms with Gasteiger partial charge in [-0.3, -0.25) is 0 Å². The lowest BCUT2D eigenvalue weighted by Gasteiger charge is -1.90. The minimum absolute atomic E-state index is 0.236. The Labute approximate surface area is 50.5 Å². The minimum atomic E-state index is -0.930. The third kappa shape index (κ3) is 2.41. The highest BCUT2D eigenvalue weighted by Crippen LogP contribution is 1.89. The molecule has 0 unspecified atom stereocenters. The zero-order chi connectivity index (χ0) is 6.57. The summed E-state index contributed by atoms with van der Waals surface area (Å²) in [5.74, 6) is -0.930. The van der Waals surface area contributed by atoms with Crippen LogP contribution in [0.2, 0.25) is 0 Å². The molecule has 0 aliphatic carbocycles. The van der Waals surface area contributed by atoms with Crippen LogP contribution in [0.4, 0.5) is 0 Å². The molecule has 0 saturated heterocycles. The van der Waals surface area contributed by atoms with Crippen molar-refractivity contribution in [1.29, 1.82) is 0 Å². The van der Waals surface area contributed by atoms with Gasteiger partial charge >= 0.3 is 5.97 Å². The first-order chi connectivity index (χ1) is 3.68. The molecule has 0 bridgehead atoms. The predicted molar refractivity (Wildman–Crippen MR) is 32.4 cm³/mol. The van der Waals surface area contributed by atoms with E-state index >= 15 is 0 Å². The molecular formula is C4H8O3Si. The molecule has 0 aliphatic heterocycles. The van der Waals surface area contributed by atoms with Crippen LogP contribution < -0.4 is 0 Å². The lowest BCUT2D eigenvalue weighted by Crippen LogP contribution is -1.95. The summed E-state index contributed by atoms with van der Waals surface area (Å²) in [7, 11) is 0.543. The van der Waals surface area contributed by atoms with E-state index in [2.05, 4.69) is 4.43 Å². The predicted octanol–water partition coefficient (Wildman–Crippen LogP) is -0.728. The van der Waals surface area contributed by atoms with Crippen molar-refractivity contribution in [2.24, 2.45) is 0 Å². The van der Waals surface area contributed by atoms with Gasteiger partial charge in [0.15, 0.2) is 0 Å². The summed E-state index contributed by atoms with van der Waals surface area (Å²) >= 11 is 0. The van der Waals surface area contributed by atoms with Crippen molar-refractivity contribution >= 4 is 16.5 Å².